The van der Waals surface area contributed by atoms with Gasteiger partial charge in [0.2, 0.25) is 0 Å². The molecule has 0 spiro atoms. The van der Waals surface area contributed by atoms with Crippen molar-refractivity contribution in [2.75, 3.05) is 13.2 Å². The monoisotopic (exact) mass is 378 g/mol. The summed E-state index contributed by atoms with van der Waals surface area (Å²) >= 11 is 0. The van der Waals surface area contributed by atoms with Crippen LogP contribution < -0.4 is 0 Å². The van der Waals surface area contributed by atoms with Crippen molar-refractivity contribution in [1.29, 1.82) is 0 Å². The predicted molar refractivity (Wildman–Crippen MR) is 86.9 cm³/mol. The van der Waals surface area contributed by atoms with Crippen LogP contribution in [-0.2, 0) is 18.9 Å². The van der Waals surface area contributed by atoms with Gasteiger partial charge in [-0.25, -0.2) is 0 Å². The summed E-state index contributed by atoms with van der Waals surface area (Å²) in [6, 6.07) is 0. The molecule has 0 aromatic rings. The van der Waals surface area contributed by atoms with Crippen LogP contribution >= 0.6 is 0 Å². The van der Waals surface area contributed by atoms with Crippen LogP contribution in [0.5, 0.6) is 0 Å². The van der Waals surface area contributed by atoms with Crippen LogP contribution in [0.2, 0.25) is 0 Å². The quantitative estimate of drug-likeness (QED) is 0.388. The molecule has 6 heterocycles. The van der Waals surface area contributed by atoms with Crippen LogP contribution in [0.25, 0.3) is 0 Å². The molecule has 0 aromatic carbocycles. The minimum Gasteiger partial charge on any atom is -0.394 e. The summed E-state index contributed by atoms with van der Waals surface area (Å²) < 4.78 is 22.6. The van der Waals surface area contributed by atoms with Gasteiger partial charge in [-0.05, 0) is 19.3 Å². The molecule has 4 bridgehead atoms. The highest BCUT2D eigenvalue weighted by molar-refractivity contribution is 4.94. The van der Waals surface area contributed by atoms with Crippen molar-refractivity contribution in [3.63, 3.8) is 0 Å². The molecular weight excluding hydrogens is 348 g/mol. The van der Waals surface area contributed by atoms with Gasteiger partial charge in [0.1, 0.15) is 30.5 Å². The number of aliphatic hydroxyl groups excluding tert-OH is 5. The van der Waals surface area contributed by atoms with Crippen LogP contribution in [0.1, 0.15) is 32.6 Å². The second kappa shape index (κ2) is 8.76. The van der Waals surface area contributed by atoms with Crippen LogP contribution in [0.15, 0.2) is 0 Å². The fourth-order valence-corrected chi connectivity index (χ4v) is 4.05. The molecule has 152 valence electrons. The summed E-state index contributed by atoms with van der Waals surface area (Å²) in [7, 11) is 0. The lowest BCUT2D eigenvalue weighted by atomic mass is 9.83. The van der Waals surface area contributed by atoms with E-state index in [1.54, 1.807) is 0 Å². The number of rotatable bonds is 2. The van der Waals surface area contributed by atoms with Crippen molar-refractivity contribution < 1.29 is 44.5 Å². The second-order valence-corrected chi connectivity index (χ2v) is 7.27. The van der Waals surface area contributed by atoms with Gasteiger partial charge in [0.15, 0.2) is 12.6 Å². The van der Waals surface area contributed by atoms with Crippen molar-refractivity contribution in [2.24, 2.45) is 5.92 Å². The smallest absolute Gasteiger partial charge is 0.186 e. The first-order valence-electron chi connectivity index (χ1n) is 9.39. The summed E-state index contributed by atoms with van der Waals surface area (Å²) in [6.45, 7) is 1.75. The average Bonchev–Trinajstić information content (AvgIpc) is 2.64. The van der Waals surface area contributed by atoms with Gasteiger partial charge < -0.3 is 44.5 Å². The zero-order chi connectivity index (χ0) is 18.8. The molecule has 6 unspecified atom stereocenters. The van der Waals surface area contributed by atoms with Crippen molar-refractivity contribution in [3.05, 3.63) is 0 Å². The average molecular weight is 378 g/mol. The van der Waals surface area contributed by atoms with Gasteiger partial charge in [0.25, 0.3) is 0 Å². The molecular formula is C17H30O9. The van der Waals surface area contributed by atoms with E-state index in [0.29, 0.717) is 25.9 Å². The van der Waals surface area contributed by atoms with E-state index in [9.17, 15) is 25.5 Å². The number of hydrogen-bond acceptors (Lipinski definition) is 9. The number of aliphatic hydroxyl groups is 5. The minimum atomic E-state index is -1.40. The standard InChI is InChI=1S/C17H30O9/c1-2-9-8-5-3-4-6-23-16-14(22)12(20)15(10(7-18)25-16)26-17(24-9)13(21)11(8)19/h8-22H,2-7H2,1H3/t8?,9?,10?,11-,12+,13?,14?,15?,16+,17-/m1/s1. The molecule has 0 aromatic heterocycles. The summed E-state index contributed by atoms with van der Waals surface area (Å²) in [5.41, 5.74) is 0. The summed E-state index contributed by atoms with van der Waals surface area (Å²) in [5.74, 6) is -0.226. The zero-order valence-electron chi connectivity index (χ0n) is 14.9. The Morgan fingerprint density at radius 2 is 1.50 bits per heavy atom. The SMILES string of the molecule is CCC1O[C@@H]2OC3C(CO)O[C@H](OCCCCC1[C@@H](O)C2O)C(O)[C@@H]3O. The van der Waals surface area contributed by atoms with E-state index in [4.69, 9.17) is 18.9 Å². The summed E-state index contributed by atoms with van der Waals surface area (Å²) in [4.78, 5) is 0. The van der Waals surface area contributed by atoms with E-state index < -0.39 is 55.8 Å². The van der Waals surface area contributed by atoms with Crippen molar-refractivity contribution in [3.8, 4) is 0 Å². The molecule has 6 aliphatic heterocycles. The van der Waals surface area contributed by atoms with Crippen molar-refractivity contribution >= 4 is 0 Å². The van der Waals surface area contributed by atoms with E-state index in [-0.39, 0.29) is 12.0 Å². The first kappa shape index (κ1) is 20.4. The molecule has 0 amide bonds. The third-order valence-electron chi connectivity index (χ3n) is 5.58. The lowest BCUT2D eigenvalue weighted by Crippen LogP contribution is -2.63. The fourth-order valence-electron chi connectivity index (χ4n) is 4.05. The molecule has 0 saturated carbocycles. The van der Waals surface area contributed by atoms with E-state index in [1.165, 1.54) is 0 Å². The first-order valence-corrected chi connectivity index (χ1v) is 9.39. The Balaban J connectivity index is 1.87. The third kappa shape index (κ3) is 3.91. The highest BCUT2D eigenvalue weighted by atomic mass is 16.7. The van der Waals surface area contributed by atoms with Gasteiger partial charge in [0.05, 0.1) is 18.8 Å². The van der Waals surface area contributed by atoms with Gasteiger partial charge in [0, 0.05) is 12.5 Å². The van der Waals surface area contributed by atoms with Gasteiger partial charge >= 0.3 is 0 Å². The Morgan fingerprint density at radius 3 is 2.19 bits per heavy atom. The molecule has 6 aliphatic rings. The molecule has 0 aliphatic carbocycles. The number of ether oxygens (including phenoxy) is 4. The van der Waals surface area contributed by atoms with Gasteiger partial charge in [-0.2, -0.15) is 0 Å². The molecule has 10 atom stereocenters. The normalized spacial score (nSPS) is 50.5. The van der Waals surface area contributed by atoms with E-state index >= 15 is 0 Å². The highest BCUT2D eigenvalue weighted by Crippen LogP contribution is 2.35. The predicted octanol–water partition coefficient (Wildman–Crippen LogP) is -1.52. The molecule has 5 N–H and O–H groups in total. The maximum atomic E-state index is 10.6. The lowest BCUT2D eigenvalue weighted by Gasteiger charge is -2.47. The Kier molecular flexibility index (Phi) is 6.87. The molecule has 9 heteroatoms. The zero-order valence-corrected chi connectivity index (χ0v) is 14.9. The van der Waals surface area contributed by atoms with Crippen LogP contribution in [0.3, 0.4) is 0 Å². The largest absolute Gasteiger partial charge is 0.394 e. The maximum Gasteiger partial charge on any atom is 0.186 e. The van der Waals surface area contributed by atoms with Crippen LogP contribution in [0, 0.1) is 5.92 Å². The van der Waals surface area contributed by atoms with E-state index in [0.717, 1.165) is 6.42 Å². The minimum absolute atomic E-state index is 0.226. The van der Waals surface area contributed by atoms with Crippen LogP contribution in [0.4, 0.5) is 0 Å². The Labute approximate surface area is 152 Å². The third-order valence-corrected chi connectivity index (χ3v) is 5.58. The molecule has 6 saturated heterocycles. The molecule has 6 fully saturated rings. The van der Waals surface area contributed by atoms with Gasteiger partial charge in [-0.3, -0.25) is 0 Å². The lowest BCUT2D eigenvalue weighted by molar-refractivity contribution is -0.356. The van der Waals surface area contributed by atoms with E-state index in [2.05, 4.69) is 0 Å². The maximum absolute atomic E-state index is 10.6. The summed E-state index contributed by atoms with van der Waals surface area (Å²) in [6.07, 6.45) is -7.11. The second-order valence-electron chi connectivity index (χ2n) is 7.27. The van der Waals surface area contributed by atoms with Crippen molar-refractivity contribution in [2.45, 2.75) is 87.9 Å². The van der Waals surface area contributed by atoms with Gasteiger partial charge in [-0.15, -0.1) is 0 Å². The molecule has 9 nitrogen and oxygen atoms in total. The van der Waals surface area contributed by atoms with E-state index in [1.807, 2.05) is 6.92 Å². The van der Waals surface area contributed by atoms with Crippen molar-refractivity contribution in [1.82, 2.24) is 0 Å². The Hall–Kier alpha value is -0.360. The number of hydrogen-bond donors (Lipinski definition) is 5. The molecule has 0 radical (unpaired) electrons. The fraction of sp³-hybridized carbons (Fsp3) is 1.00. The Bertz CT molecular complexity index is 446. The molecule has 6 rings (SSSR count). The molecule has 26 heavy (non-hydrogen) atoms. The van der Waals surface area contributed by atoms with Crippen LogP contribution in [-0.4, -0.2) is 94.1 Å². The van der Waals surface area contributed by atoms with Gasteiger partial charge in [-0.1, -0.05) is 13.3 Å². The first-order chi connectivity index (χ1) is 12.5. The topological polar surface area (TPSA) is 138 Å². The Morgan fingerprint density at radius 1 is 0.808 bits per heavy atom. The highest BCUT2D eigenvalue weighted by Gasteiger charge is 2.50. The summed E-state index contributed by atoms with van der Waals surface area (Å²) in [5, 5.41) is 51.3.